The first-order valence-electron chi connectivity index (χ1n) is 6.28. The van der Waals surface area contributed by atoms with E-state index in [1.165, 1.54) is 17.8 Å². The first-order valence-corrected chi connectivity index (χ1v) is 7.98. The van der Waals surface area contributed by atoms with Gasteiger partial charge in [-0.05, 0) is 32.0 Å². The summed E-state index contributed by atoms with van der Waals surface area (Å²) in [5, 5.41) is 5.26. The molecule has 1 aromatic carbocycles. The highest BCUT2D eigenvalue weighted by atomic mass is 32.2. The lowest BCUT2D eigenvalue weighted by atomic mass is 10.2. The van der Waals surface area contributed by atoms with Crippen LogP contribution >= 0.6 is 23.1 Å². The lowest BCUT2D eigenvalue weighted by molar-refractivity contribution is 0.578. The van der Waals surface area contributed by atoms with Gasteiger partial charge in [0.2, 0.25) is 0 Å². The van der Waals surface area contributed by atoms with E-state index in [0.29, 0.717) is 6.54 Å². The normalized spacial score (nSPS) is 10.9. The molecule has 2 nitrogen and oxygen atoms in total. The molecule has 0 bridgehead atoms. The molecule has 1 aromatic heterocycles. The van der Waals surface area contributed by atoms with Gasteiger partial charge in [0.15, 0.2) is 4.34 Å². The summed E-state index contributed by atoms with van der Waals surface area (Å²) in [7, 11) is 0. The summed E-state index contributed by atoms with van der Waals surface area (Å²) in [6.45, 7) is 5.53. The van der Waals surface area contributed by atoms with Gasteiger partial charge < -0.3 is 5.32 Å². The second-order valence-corrected chi connectivity index (χ2v) is 6.40. The Bertz CT molecular complexity index is 540. The van der Waals surface area contributed by atoms with Crippen molar-refractivity contribution >= 4 is 23.1 Å². The number of benzene rings is 1. The summed E-state index contributed by atoms with van der Waals surface area (Å²) < 4.78 is 14.9. The SMILES string of the molecule is CCCNCc1c(F)cccc1Sc1nc(C)cs1. The zero-order valence-electron chi connectivity index (χ0n) is 11.1. The molecule has 0 aliphatic heterocycles. The molecule has 102 valence electrons. The molecule has 1 N–H and O–H groups in total. The fraction of sp³-hybridized carbons (Fsp3) is 0.357. The number of halogens is 1. The van der Waals surface area contributed by atoms with Crippen molar-refractivity contribution in [3.05, 3.63) is 40.7 Å². The average molecular weight is 296 g/mol. The second kappa shape index (κ2) is 7.03. The van der Waals surface area contributed by atoms with Gasteiger partial charge in [0.05, 0.1) is 0 Å². The minimum atomic E-state index is -0.151. The molecular formula is C14H17FN2S2. The number of hydrogen-bond acceptors (Lipinski definition) is 4. The van der Waals surface area contributed by atoms with Crippen LogP contribution in [0.3, 0.4) is 0 Å². The van der Waals surface area contributed by atoms with Crippen molar-refractivity contribution in [3.63, 3.8) is 0 Å². The molecule has 2 rings (SSSR count). The predicted octanol–water partition coefficient (Wildman–Crippen LogP) is 4.24. The van der Waals surface area contributed by atoms with E-state index in [0.717, 1.165) is 33.5 Å². The van der Waals surface area contributed by atoms with E-state index in [9.17, 15) is 4.39 Å². The highest BCUT2D eigenvalue weighted by molar-refractivity contribution is 8.01. The van der Waals surface area contributed by atoms with Crippen LogP contribution in [0.5, 0.6) is 0 Å². The number of nitrogens with one attached hydrogen (secondary N) is 1. The van der Waals surface area contributed by atoms with Gasteiger partial charge in [0, 0.05) is 28.1 Å². The van der Waals surface area contributed by atoms with Gasteiger partial charge in [0.25, 0.3) is 0 Å². The molecule has 0 saturated carbocycles. The monoisotopic (exact) mass is 296 g/mol. The maximum Gasteiger partial charge on any atom is 0.154 e. The summed E-state index contributed by atoms with van der Waals surface area (Å²) in [6.07, 6.45) is 1.04. The Morgan fingerprint density at radius 3 is 2.95 bits per heavy atom. The van der Waals surface area contributed by atoms with Crippen molar-refractivity contribution < 1.29 is 4.39 Å². The highest BCUT2D eigenvalue weighted by Crippen LogP contribution is 2.33. The van der Waals surface area contributed by atoms with Crippen LogP contribution in [0.2, 0.25) is 0 Å². The van der Waals surface area contributed by atoms with Gasteiger partial charge in [-0.25, -0.2) is 9.37 Å². The fourth-order valence-electron chi connectivity index (χ4n) is 1.67. The molecule has 0 radical (unpaired) electrons. The quantitative estimate of drug-likeness (QED) is 0.807. The summed E-state index contributed by atoms with van der Waals surface area (Å²) in [5.41, 5.74) is 1.74. The maximum atomic E-state index is 13.9. The molecule has 19 heavy (non-hydrogen) atoms. The topological polar surface area (TPSA) is 24.9 Å². The van der Waals surface area contributed by atoms with E-state index in [1.807, 2.05) is 18.4 Å². The van der Waals surface area contributed by atoms with E-state index < -0.39 is 0 Å². The summed E-state index contributed by atoms with van der Waals surface area (Å²) >= 11 is 3.13. The van der Waals surface area contributed by atoms with Crippen LogP contribution in [0.1, 0.15) is 24.6 Å². The number of aryl methyl sites for hydroxylation is 1. The van der Waals surface area contributed by atoms with Gasteiger partial charge in [-0.2, -0.15) is 0 Å². The standard InChI is InChI=1S/C14H17FN2S2/c1-3-7-16-8-11-12(15)5-4-6-13(11)19-14-17-10(2)9-18-14/h4-6,9,16H,3,7-8H2,1-2H3. The molecular weight excluding hydrogens is 279 g/mol. The molecule has 0 aliphatic rings. The molecule has 0 atom stereocenters. The Balaban J connectivity index is 2.16. The molecule has 0 spiro atoms. The molecule has 0 fully saturated rings. The van der Waals surface area contributed by atoms with E-state index >= 15 is 0 Å². The highest BCUT2D eigenvalue weighted by Gasteiger charge is 2.11. The van der Waals surface area contributed by atoms with Gasteiger partial charge in [0.1, 0.15) is 5.82 Å². The third-order valence-electron chi connectivity index (χ3n) is 2.60. The molecule has 1 heterocycles. The first kappa shape index (κ1) is 14.5. The van der Waals surface area contributed by atoms with E-state index in [-0.39, 0.29) is 5.82 Å². The van der Waals surface area contributed by atoms with Crippen LogP contribution in [-0.4, -0.2) is 11.5 Å². The first-order chi connectivity index (χ1) is 9.20. The van der Waals surface area contributed by atoms with Gasteiger partial charge >= 0.3 is 0 Å². The molecule has 2 aromatic rings. The van der Waals surface area contributed by atoms with Crippen LogP contribution in [0.25, 0.3) is 0 Å². The Labute approximate surface area is 121 Å². The number of thiazole rings is 1. The molecule has 0 unspecified atom stereocenters. The molecule has 5 heteroatoms. The van der Waals surface area contributed by atoms with Crippen molar-refractivity contribution in [3.8, 4) is 0 Å². The van der Waals surface area contributed by atoms with E-state index in [1.54, 1.807) is 17.4 Å². The molecule has 0 amide bonds. The third kappa shape index (κ3) is 4.03. The van der Waals surface area contributed by atoms with Crippen molar-refractivity contribution in [1.29, 1.82) is 0 Å². The van der Waals surface area contributed by atoms with Crippen LogP contribution in [0, 0.1) is 12.7 Å². The second-order valence-electron chi connectivity index (χ2n) is 4.25. The number of aromatic nitrogens is 1. The van der Waals surface area contributed by atoms with Crippen molar-refractivity contribution in [2.75, 3.05) is 6.54 Å². The van der Waals surface area contributed by atoms with Crippen molar-refractivity contribution in [1.82, 2.24) is 10.3 Å². The Morgan fingerprint density at radius 2 is 2.26 bits per heavy atom. The van der Waals surface area contributed by atoms with Crippen LogP contribution < -0.4 is 5.32 Å². The molecule has 0 saturated heterocycles. The lowest BCUT2D eigenvalue weighted by Gasteiger charge is -2.09. The van der Waals surface area contributed by atoms with E-state index in [4.69, 9.17) is 0 Å². The summed E-state index contributed by atoms with van der Waals surface area (Å²) in [4.78, 5) is 5.35. The summed E-state index contributed by atoms with van der Waals surface area (Å²) in [6, 6.07) is 5.22. The van der Waals surface area contributed by atoms with Crippen LogP contribution in [0.15, 0.2) is 32.8 Å². The Morgan fingerprint density at radius 1 is 1.42 bits per heavy atom. The fourth-order valence-corrected chi connectivity index (χ4v) is 3.61. The summed E-state index contributed by atoms with van der Waals surface area (Å²) in [5.74, 6) is -0.151. The largest absolute Gasteiger partial charge is 0.313 e. The Hall–Kier alpha value is -0.910. The van der Waals surface area contributed by atoms with Crippen molar-refractivity contribution in [2.45, 2.75) is 36.0 Å². The average Bonchev–Trinajstić information content (AvgIpc) is 2.78. The lowest BCUT2D eigenvalue weighted by Crippen LogP contribution is -2.15. The van der Waals surface area contributed by atoms with Gasteiger partial charge in [-0.3, -0.25) is 0 Å². The van der Waals surface area contributed by atoms with E-state index in [2.05, 4.69) is 17.2 Å². The van der Waals surface area contributed by atoms with Gasteiger partial charge in [-0.15, -0.1) is 11.3 Å². The zero-order valence-corrected chi connectivity index (χ0v) is 12.7. The Kier molecular flexibility index (Phi) is 5.36. The molecule has 0 aliphatic carbocycles. The van der Waals surface area contributed by atoms with Crippen molar-refractivity contribution in [2.24, 2.45) is 0 Å². The van der Waals surface area contributed by atoms with Crippen LogP contribution in [0.4, 0.5) is 4.39 Å². The van der Waals surface area contributed by atoms with Crippen LogP contribution in [-0.2, 0) is 6.54 Å². The minimum Gasteiger partial charge on any atom is -0.313 e. The predicted molar refractivity (Wildman–Crippen MR) is 79.4 cm³/mol. The minimum absolute atomic E-state index is 0.151. The zero-order chi connectivity index (χ0) is 13.7. The maximum absolute atomic E-state index is 13.9. The number of rotatable bonds is 6. The van der Waals surface area contributed by atoms with Gasteiger partial charge in [-0.1, -0.05) is 24.8 Å². The number of nitrogens with zero attached hydrogens (tertiary/aromatic N) is 1. The third-order valence-corrected chi connectivity index (χ3v) is 4.76. The number of hydrogen-bond donors (Lipinski definition) is 1. The smallest absolute Gasteiger partial charge is 0.154 e.